The third-order valence-electron chi connectivity index (χ3n) is 1.96. The van der Waals surface area contributed by atoms with Crippen LogP contribution in [0.3, 0.4) is 0 Å². The molecule has 0 saturated heterocycles. The van der Waals surface area contributed by atoms with Crippen LogP contribution >= 0.6 is 0 Å². The smallest absolute Gasteiger partial charge is 0.317 e. The second kappa shape index (κ2) is 7.84. The van der Waals surface area contributed by atoms with Gasteiger partial charge in [0.15, 0.2) is 0 Å². The van der Waals surface area contributed by atoms with Crippen LogP contribution < -0.4 is 11.5 Å². The fourth-order valence-electron chi connectivity index (χ4n) is 1.17. The van der Waals surface area contributed by atoms with Crippen molar-refractivity contribution in [2.75, 3.05) is 6.54 Å². The van der Waals surface area contributed by atoms with Gasteiger partial charge in [-0.2, -0.15) is 0 Å². The molecule has 0 bridgehead atoms. The van der Waals surface area contributed by atoms with Gasteiger partial charge in [0.2, 0.25) is 0 Å². The maximum absolute atomic E-state index is 9.24. The lowest BCUT2D eigenvalue weighted by molar-refractivity contribution is -0.135. The first-order valence-corrected chi connectivity index (χ1v) is 5.17. The van der Waals surface area contributed by atoms with Crippen LogP contribution in [0.1, 0.15) is 31.6 Å². The zero-order valence-corrected chi connectivity index (χ0v) is 9.76. The van der Waals surface area contributed by atoms with Crippen LogP contribution in [0, 0.1) is 0 Å². The van der Waals surface area contributed by atoms with E-state index in [0.29, 0.717) is 0 Å². The number of aryl methyl sites for hydroxylation is 1. The number of carboxylic acids is 1. The van der Waals surface area contributed by atoms with Crippen LogP contribution in [0.4, 0.5) is 0 Å². The van der Waals surface area contributed by atoms with Gasteiger partial charge in [0.1, 0.15) is 5.82 Å². The summed E-state index contributed by atoms with van der Waals surface area (Å²) in [5.74, 6) is 0.0110. The lowest BCUT2D eigenvalue weighted by Crippen LogP contribution is -2.14. The van der Waals surface area contributed by atoms with Crippen molar-refractivity contribution in [3.63, 3.8) is 0 Å². The normalized spacial score (nSPS) is 11.5. The van der Waals surface area contributed by atoms with Gasteiger partial charge in [-0.05, 0) is 6.42 Å². The van der Waals surface area contributed by atoms with Gasteiger partial charge in [-0.15, -0.1) is 0 Å². The van der Waals surface area contributed by atoms with E-state index in [2.05, 4.69) is 17.6 Å². The number of hydrogen-bond donors (Lipinski definition) is 3. The summed E-state index contributed by atoms with van der Waals surface area (Å²) < 4.78 is 1.97. The Morgan fingerprint density at radius 1 is 1.69 bits per heavy atom. The molecule has 1 heterocycles. The largest absolute Gasteiger partial charge is 0.480 e. The van der Waals surface area contributed by atoms with E-state index >= 15 is 0 Å². The van der Waals surface area contributed by atoms with Crippen LogP contribution in [0.15, 0.2) is 12.4 Å². The first kappa shape index (κ1) is 14.6. The summed E-state index contributed by atoms with van der Waals surface area (Å²) >= 11 is 0. The van der Waals surface area contributed by atoms with Crippen LogP contribution in [-0.4, -0.2) is 27.2 Å². The first-order chi connectivity index (χ1) is 7.52. The summed E-state index contributed by atoms with van der Waals surface area (Å²) in [7, 11) is 1.97. The standard InChI is InChI=1S/C8H15N3.C2H5NO2/c1-3-4-7(9)8-10-5-6-11(8)2;3-1-2(4)5/h5-7H,3-4,9H2,1-2H3;1,3H2,(H,4,5). The van der Waals surface area contributed by atoms with Gasteiger partial charge in [-0.3, -0.25) is 4.79 Å². The SMILES string of the molecule is CCCC(N)c1nccn1C.NCC(=O)O. The molecule has 5 N–H and O–H groups in total. The summed E-state index contributed by atoms with van der Waals surface area (Å²) in [5.41, 5.74) is 10.4. The van der Waals surface area contributed by atoms with Crippen LogP contribution in [0.25, 0.3) is 0 Å². The van der Waals surface area contributed by atoms with Crippen molar-refractivity contribution < 1.29 is 9.90 Å². The van der Waals surface area contributed by atoms with E-state index in [1.807, 2.05) is 17.8 Å². The number of nitrogens with two attached hydrogens (primary N) is 2. The minimum absolute atomic E-state index is 0.0972. The average Bonchev–Trinajstić information content (AvgIpc) is 2.66. The Balaban J connectivity index is 0.000000385. The molecule has 1 atom stereocenters. The molecule has 16 heavy (non-hydrogen) atoms. The second-order valence-electron chi connectivity index (χ2n) is 3.39. The van der Waals surface area contributed by atoms with E-state index in [-0.39, 0.29) is 12.6 Å². The minimum atomic E-state index is -0.968. The molecule has 1 aromatic heterocycles. The Hall–Kier alpha value is -1.40. The number of hydrogen-bond acceptors (Lipinski definition) is 4. The first-order valence-electron chi connectivity index (χ1n) is 5.17. The number of imidazole rings is 1. The average molecular weight is 228 g/mol. The fraction of sp³-hybridized carbons (Fsp3) is 0.600. The molecule has 1 aromatic rings. The molecule has 0 aliphatic carbocycles. The quantitative estimate of drug-likeness (QED) is 0.684. The molecule has 1 unspecified atom stereocenters. The van der Waals surface area contributed by atoms with Gasteiger partial charge in [0, 0.05) is 19.4 Å². The van der Waals surface area contributed by atoms with Crippen molar-refractivity contribution in [1.29, 1.82) is 0 Å². The number of aliphatic carboxylic acids is 1. The second-order valence-corrected chi connectivity index (χ2v) is 3.39. The van der Waals surface area contributed by atoms with Gasteiger partial charge in [-0.25, -0.2) is 4.98 Å². The molecule has 0 aliphatic rings. The topological polar surface area (TPSA) is 107 Å². The summed E-state index contributed by atoms with van der Waals surface area (Å²) in [4.78, 5) is 13.4. The van der Waals surface area contributed by atoms with Gasteiger partial charge < -0.3 is 21.1 Å². The molecule has 0 aliphatic heterocycles. The maximum atomic E-state index is 9.24. The summed E-state index contributed by atoms with van der Waals surface area (Å²) in [6, 6.07) is 0.0972. The van der Waals surface area contributed by atoms with Gasteiger partial charge in [0.05, 0.1) is 12.6 Å². The molecular formula is C10H20N4O2. The van der Waals surface area contributed by atoms with E-state index in [1.165, 1.54) is 0 Å². The van der Waals surface area contributed by atoms with Gasteiger partial charge >= 0.3 is 5.97 Å². The summed E-state index contributed by atoms with van der Waals surface area (Å²) in [6.07, 6.45) is 5.81. The molecule has 0 amide bonds. The number of rotatable bonds is 4. The van der Waals surface area contributed by atoms with Crippen molar-refractivity contribution in [3.8, 4) is 0 Å². The van der Waals surface area contributed by atoms with Crippen molar-refractivity contribution in [1.82, 2.24) is 9.55 Å². The number of nitrogens with zero attached hydrogens (tertiary/aromatic N) is 2. The predicted octanol–water partition coefficient (Wildman–Crippen LogP) is 0.250. The molecule has 0 aromatic carbocycles. The van der Waals surface area contributed by atoms with Crippen LogP contribution in [0.5, 0.6) is 0 Å². The van der Waals surface area contributed by atoms with E-state index < -0.39 is 5.97 Å². The lowest BCUT2D eigenvalue weighted by atomic mass is 10.2. The van der Waals surface area contributed by atoms with Crippen molar-refractivity contribution in [2.45, 2.75) is 25.8 Å². The lowest BCUT2D eigenvalue weighted by Gasteiger charge is -2.09. The highest BCUT2D eigenvalue weighted by molar-refractivity contribution is 5.68. The molecule has 0 radical (unpaired) electrons. The molecule has 92 valence electrons. The highest BCUT2D eigenvalue weighted by atomic mass is 16.4. The van der Waals surface area contributed by atoms with E-state index in [4.69, 9.17) is 10.8 Å². The zero-order chi connectivity index (χ0) is 12.6. The van der Waals surface area contributed by atoms with E-state index in [0.717, 1.165) is 18.7 Å². The molecular weight excluding hydrogens is 208 g/mol. The van der Waals surface area contributed by atoms with Gasteiger partial charge in [0.25, 0.3) is 0 Å². The molecule has 6 heteroatoms. The molecule has 0 saturated carbocycles. The Bertz CT molecular complexity index is 312. The predicted molar refractivity (Wildman–Crippen MR) is 61.7 cm³/mol. The Kier molecular flexibility index (Phi) is 7.15. The number of carbonyl (C=O) groups is 1. The summed E-state index contributed by atoms with van der Waals surface area (Å²) in [6.45, 7) is 1.85. The maximum Gasteiger partial charge on any atom is 0.317 e. The molecule has 0 spiro atoms. The Morgan fingerprint density at radius 2 is 2.25 bits per heavy atom. The molecule has 0 fully saturated rings. The monoisotopic (exact) mass is 228 g/mol. The highest BCUT2D eigenvalue weighted by Gasteiger charge is 2.08. The van der Waals surface area contributed by atoms with Gasteiger partial charge in [-0.1, -0.05) is 13.3 Å². The van der Waals surface area contributed by atoms with Crippen LogP contribution in [0.2, 0.25) is 0 Å². The minimum Gasteiger partial charge on any atom is -0.480 e. The summed E-state index contributed by atoms with van der Waals surface area (Å²) in [5, 5.41) is 7.60. The van der Waals surface area contributed by atoms with E-state index in [9.17, 15) is 4.79 Å². The van der Waals surface area contributed by atoms with Crippen molar-refractivity contribution >= 4 is 5.97 Å². The highest BCUT2D eigenvalue weighted by Crippen LogP contribution is 2.11. The third kappa shape index (κ3) is 5.47. The Labute approximate surface area is 95.3 Å². The zero-order valence-electron chi connectivity index (χ0n) is 9.76. The van der Waals surface area contributed by atoms with Crippen molar-refractivity contribution in [2.24, 2.45) is 18.5 Å². The third-order valence-corrected chi connectivity index (χ3v) is 1.96. The Morgan fingerprint density at radius 3 is 2.56 bits per heavy atom. The molecule has 6 nitrogen and oxygen atoms in total. The molecule has 1 rings (SSSR count). The van der Waals surface area contributed by atoms with Crippen molar-refractivity contribution in [3.05, 3.63) is 18.2 Å². The van der Waals surface area contributed by atoms with E-state index in [1.54, 1.807) is 6.20 Å². The number of carboxylic acid groups (broad SMARTS) is 1. The fourth-order valence-corrected chi connectivity index (χ4v) is 1.17. The van der Waals surface area contributed by atoms with Crippen LogP contribution in [-0.2, 0) is 11.8 Å². The number of aromatic nitrogens is 2.